The fourth-order valence-corrected chi connectivity index (χ4v) is 6.11. The Bertz CT molecular complexity index is 2450. The van der Waals surface area contributed by atoms with Gasteiger partial charge in [-0.05, 0) is 92.3 Å². The Balaban J connectivity index is 1.43. The Hall–Kier alpha value is -6.40. The van der Waals surface area contributed by atoms with Crippen molar-refractivity contribution >= 4 is 43.1 Å². The van der Waals surface area contributed by atoms with Gasteiger partial charge in [-0.3, -0.25) is 0 Å². The maximum absolute atomic E-state index is 12.8. The number of fused-ring (bicyclic) bond motifs is 6. The van der Waals surface area contributed by atoms with Gasteiger partial charge in [0.05, 0.1) is 10.5 Å². The zero-order valence-electron chi connectivity index (χ0n) is 24.1. The van der Waals surface area contributed by atoms with E-state index in [1.165, 1.54) is 36.4 Å². The van der Waals surface area contributed by atoms with Crippen molar-refractivity contribution in [1.29, 1.82) is 5.26 Å². The molecule has 7 rings (SSSR count). The summed E-state index contributed by atoms with van der Waals surface area (Å²) in [6.07, 6.45) is -7.85. The molecule has 234 valence electrons. The lowest BCUT2D eigenvalue weighted by molar-refractivity contribution is -0.275. The van der Waals surface area contributed by atoms with Gasteiger partial charge >= 0.3 is 12.7 Å². The van der Waals surface area contributed by atoms with Gasteiger partial charge in [0.25, 0.3) is 0 Å². The SMILES string of the molecule is [C-]#[N+]/N=c1\c2cc(-c3cccc(OC(F)(F)F)c3)ccc2c2cc3/c(=N/C#N)c4cc(-c5cccc(OC(F)(F)F)c5)ccc4c3cc12. The lowest BCUT2D eigenvalue weighted by atomic mass is 10.0. The first-order chi connectivity index (χ1) is 22.9. The van der Waals surface area contributed by atoms with Gasteiger partial charge in [-0.15, -0.1) is 31.3 Å². The lowest BCUT2D eigenvalue weighted by Gasteiger charge is -2.10. The molecule has 0 aliphatic rings. The zero-order valence-corrected chi connectivity index (χ0v) is 24.1. The summed E-state index contributed by atoms with van der Waals surface area (Å²) < 4.78 is 85.2. The minimum Gasteiger partial charge on any atom is -0.406 e. The van der Waals surface area contributed by atoms with E-state index in [-0.39, 0.29) is 11.5 Å². The summed E-state index contributed by atoms with van der Waals surface area (Å²) in [5.41, 5.74) is 2.07. The molecule has 0 bridgehead atoms. The molecule has 0 fully saturated rings. The van der Waals surface area contributed by atoms with Gasteiger partial charge in [-0.2, -0.15) is 16.8 Å². The number of halogens is 6. The number of benzene rings is 5. The first-order valence-electron chi connectivity index (χ1n) is 14.0. The number of rotatable bonds is 4. The van der Waals surface area contributed by atoms with Gasteiger partial charge in [-0.25, -0.2) is 0 Å². The number of ether oxygens (including phenoxy) is 2. The molecule has 0 saturated carbocycles. The number of nitrogens with zero attached hydrogens (tertiary/aromatic N) is 4. The van der Waals surface area contributed by atoms with E-state index in [1.54, 1.807) is 48.5 Å². The summed E-state index contributed by atoms with van der Waals surface area (Å²) in [6.45, 7) is 7.49. The van der Waals surface area contributed by atoms with E-state index in [2.05, 4.69) is 24.5 Å². The van der Waals surface area contributed by atoms with E-state index in [0.717, 1.165) is 5.39 Å². The quantitative estimate of drug-likeness (QED) is 0.0825. The summed E-state index contributed by atoms with van der Waals surface area (Å²) >= 11 is 0. The Morgan fingerprint density at radius 1 is 0.542 bits per heavy atom. The van der Waals surface area contributed by atoms with E-state index >= 15 is 0 Å². The number of hydrogen-bond acceptors (Lipinski definition) is 5. The molecule has 6 nitrogen and oxygen atoms in total. The molecule has 0 aliphatic heterocycles. The van der Waals surface area contributed by atoms with Crippen LogP contribution in [0, 0.1) is 18.0 Å². The minimum atomic E-state index is -4.85. The number of hydrogen-bond donors (Lipinski definition) is 0. The van der Waals surface area contributed by atoms with E-state index in [1.807, 2.05) is 18.3 Å². The van der Waals surface area contributed by atoms with Crippen molar-refractivity contribution in [2.75, 3.05) is 0 Å². The Morgan fingerprint density at radius 2 is 0.979 bits per heavy atom. The van der Waals surface area contributed by atoms with Gasteiger partial charge in [0, 0.05) is 21.5 Å². The highest BCUT2D eigenvalue weighted by atomic mass is 19.4. The molecule has 0 aliphatic carbocycles. The number of alkyl halides is 6. The molecule has 0 radical (unpaired) electrons. The Kier molecular flexibility index (Phi) is 7.02. The third-order valence-corrected chi connectivity index (χ3v) is 7.91. The van der Waals surface area contributed by atoms with Crippen LogP contribution in [0.1, 0.15) is 0 Å². The molecular weight excluding hydrogens is 634 g/mol. The fraction of sp³-hybridized carbons (Fsp3) is 0.0556. The summed E-state index contributed by atoms with van der Waals surface area (Å²) in [5, 5.41) is 19.7. The van der Waals surface area contributed by atoms with Crippen molar-refractivity contribution in [2.45, 2.75) is 12.7 Å². The van der Waals surface area contributed by atoms with Crippen molar-refractivity contribution in [1.82, 2.24) is 0 Å². The van der Waals surface area contributed by atoms with Crippen molar-refractivity contribution in [3.63, 3.8) is 0 Å². The lowest BCUT2D eigenvalue weighted by Crippen LogP contribution is -2.17. The monoisotopic (exact) mass is 650 g/mol. The second kappa shape index (κ2) is 11.1. The third kappa shape index (κ3) is 5.50. The van der Waals surface area contributed by atoms with Gasteiger partial charge in [0.2, 0.25) is 6.19 Å². The van der Waals surface area contributed by atoms with E-state index < -0.39 is 12.7 Å². The van der Waals surface area contributed by atoms with Gasteiger partial charge in [0.15, 0.2) is 5.36 Å². The molecule has 0 spiro atoms. The summed E-state index contributed by atoms with van der Waals surface area (Å²) in [6, 6.07) is 25.4. The molecule has 0 amide bonds. The third-order valence-electron chi connectivity index (χ3n) is 7.91. The summed E-state index contributed by atoms with van der Waals surface area (Å²) in [7, 11) is 0. The molecule has 0 aromatic heterocycles. The maximum Gasteiger partial charge on any atom is 0.573 e. The zero-order chi connectivity index (χ0) is 33.8. The largest absolute Gasteiger partial charge is 0.573 e. The average Bonchev–Trinajstić information content (AvgIpc) is 3.50. The molecule has 0 saturated heterocycles. The second-order valence-corrected chi connectivity index (χ2v) is 10.7. The molecule has 7 aromatic carbocycles. The van der Waals surface area contributed by atoms with Crippen LogP contribution in [0.5, 0.6) is 11.5 Å². The highest BCUT2D eigenvalue weighted by Gasteiger charge is 2.32. The fourth-order valence-electron chi connectivity index (χ4n) is 6.11. The number of nitriles is 1. The van der Waals surface area contributed by atoms with Crippen LogP contribution in [0.3, 0.4) is 0 Å². The smallest absolute Gasteiger partial charge is 0.406 e. The predicted octanol–water partition coefficient (Wildman–Crippen LogP) is 9.42. The van der Waals surface area contributed by atoms with Gasteiger partial charge in [-0.1, -0.05) is 48.5 Å². The Labute approximate surface area is 266 Å². The van der Waals surface area contributed by atoms with Crippen molar-refractivity contribution in [2.24, 2.45) is 10.1 Å². The van der Waals surface area contributed by atoms with Crippen molar-refractivity contribution < 1.29 is 35.8 Å². The highest BCUT2D eigenvalue weighted by molar-refractivity contribution is 6.21. The van der Waals surface area contributed by atoms with Crippen molar-refractivity contribution in [3.05, 3.63) is 119 Å². The normalized spacial score (nSPS) is 13.0. The summed E-state index contributed by atoms with van der Waals surface area (Å²) in [5.74, 6) is -0.745. The van der Waals surface area contributed by atoms with E-state index in [9.17, 15) is 31.6 Å². The first-order valence-corrected chi connectivity index (χ1v) is 14.0. The van der Waals surface area contributed by atoms with Crippen LogP contribution >= 0.6 is 0 Å². The molecule has 48 heavy (non-hydrogen) atoms. The molecule has 0 unspecified atom stereocenters. The molecule has 0 heterocycles. The molecule has 12 heteroatoms. The van der Waals surface area contributed by atoms with Crippen LogP contribution < -0.4 is 20.2 Å². The van der Waals surface area contributed by atoms with E-state index in [4.69, 9.17) is 6.57 Å². The maximum atomic E-state index is 12.8. The van der Waals surface area contributed by atoms with Crippen molar-refractivity contribution in [3.8, 4) is 39.9 Å². The first kappa shape index (κ1) is 30.3. The highest BCUT2D eigenvalue weighted by Crippen LogP contribution is 2.37. The Morgan fingerprint density at radius 3 is 1.44 bits per heavy atom. The van der Waals surface area contributed by atoms with E-state index in [0.29, 0.717) is 70.7 Å². The van der Waals surface area contributed by atoms with Crippen LogP contribution in [0.25, 0.3) is 70.3 Å². The second-order valence-electron chi connectivity index (χ2n) is 10.7. The van der Waals surface area contributed by atoms with Gasteiger partial charge in [0.1, 0.15) is 11.5 Å². The van der Waals surface area contributed by atoms with Crippen LogP contribution in [0.2, 0.25) is 0 Å². The molecule has 0 N–H and O–H groups in total. The predicted molar refractivity (Wildman–Crippen MR) is 166 cm³/mol. The van der Waals surface area contributed by atoms with Crippen LogP contribution in [0.15, 0.2) is 107 Å². The van der Waals surface area contributed by atoms with Crippen LogP contribution in [0.4, 0.5) is 26.3 Å². The molecule has 0 atom stereocenters. The standard InChI is InChI=1S/C36H16F6N4O2/c1-44-46-34-30-15-22(20-5-3-7-24(13-20)48-36(40,41)42)9-11-26(30)28-16-31-27(17-32(28)34)25-10-8-21(14-29(25)33(31)45-18-43)19-4-2-6-23(12-19)47-35(37,38)39/h2-17H/b45-33+,46-34+. The average molecular weight is 651 g/mol. The van der Waals surface area contributed by atoms with Gasteiger partial charge < -0.3 is 9.47 Å². The topological polar surface area (TPSA) is 71.3 Å². The summed E-state index contributed by atoms with van der Waals surface area (Å²) in [4.78, 5) is 7.38. The minimum absolute atomic E-state index is 0.366. The van der Waals surface area contributed by atoms with Crippen LogP contribution in [-0.4, -0.2) is 12.7 Å². The van der Waals surface area contributed by atoms with Crippen LogP contribution in [-0.2, 0) is 0 Å². The molecule has 7 aromatic rings. The molecular formula is C36H16F6N4O2.